The monoisotopic (exact) mass is 251 g/mol. The van der Waals surface area contributed by atoms with E-state index in [1.807, 2.05) is 0 Å². The van der Waals surface area contributed by atoms with Gasteiger partial charge in [-0.25, -0.2) is 9.97 Å². The van der Waals surface area contributed by atoms with Crippen LogP contribution < -0.4 is 5.73 Å². The minimum absolute atomic E-state index is 0.675. The van der Waals surface area contributed by atoms with Crippen LogP contribution in [0.25, 0.3) is 11.4 Å². The van der Waals surface area contributed by atoms with Gasteiger partial charge < -0.3 is 5.73 Å². The van der Waals surface area contributed by atoms with Crippen LogP contribution in [0.1, 0.15) is 42.0 Å². The summed E-state index contributed by atoms with van der Waals surface area (Å²) in [7, 11) is 0. The number of nitrogens with two attached hydrogens (primary N) is 1. The Morgan fingerprint density at radius 3 is 2.84 bits per heavy atom. The lowest BCUT2D eigenvalue weighted by atomic mass is 10.1. The first-order valence-corrected chi connectivity index (χ1v) is 7.07. The number of anilines is 1. The molecular weight excluding hydrogens is 234 g/mol. The number of benzene rings is 1. The number of rotatable bonds is 2. The van der Waals surface area contributed by atoms with Gasteiger partial charge >= 0.3 is 0 Å². The largest absolute Gasteiger partial charge is 0.383 e. The van der Waals surface area contributed by atoms with Gasteiger partial charge in [-0.3, -0.25) is 0 Å². The maximum atomic E-state index is 6.07. The molecule has 1 aromatic carbocycles. The highest BCUT2D eigenvalue weighted by molar-refractivity contribution is 5.60. The highest BCUT2D eigenvalue weighted by Crippen LogP contribution is 2.41. The van der Waals surface area contributed by atoms with Gasteiger partial charge in [-0.05, 0) is 49.7 Å². The lowest BCUT2D eigenvalue weighted by Gasteiger charge is -2.08. The molecule has 2 aliphatic rings. The van der Waals surface area contributed by atoms with Crippen LogP contribution in [0.5, 0.6) is 0 Å². The smallest absolute Gasteiger partial charge is 0.161 e. The van der Waals surface area contributed by atoms with E-state index >= 15 is 0 Å². The molecule has 0 unspecified atom stereocenters. The predicted molar refractivity (Wildman–Crippen MR) is 75.9 cm³/mol. The summed E-state index contributed by atoms with van der Waals surface area (Å²) in [6, 6.07) is 8.63. The topological polar surface area (TPSA) is 51.8 Å². The summed E-state index contributed by atoms with van der Waals surface area (Å²) in [6.07, 6.45) is 5.86. The molecule has 0 aliphatic heterocycles. The third-order valence-corrected chi connectivity index (χ3v) is 4.16. The Balaban J connectivity index is 1.79. The summed E-state index contributed by atoms with van der Waals surface area (Å²) in [6.45, 7) is 0. The number of aryl methyl sites for hydroxylation is 1. The molecule has 0 atom stereocenters. The van der Waals surface area contributed by atoms with Crippen LogP contribution in [-0.2, 0) is 12.8 Å². The number of aromatic nitrogens is 2. The van der Waals surface area contributed by atoms with Gasteiger partial charge in [0.2, 0.25) is 0 Å². The first-order chi connectivity index (χ1) is 9.31. The molecular formula is C16H17N3. The molecule has 0 bridgehead atoms. The Morgan fingerprint density at radius 2 is 2.00 bits per heavy atom. The van der Waals surface area contributed by atoms with E-state index in [0.29, 0.717) is 5.82 Å². The van der Waals surface area contributed by atoms with Crippen molar-refractivity contribution >= 4 is 5.82 Å². The lowest BCUT2D eigenvalue weighted by Crippen LogP contribution is -2.02. The number of hydrogen-bond acceptors (Lipinski definition) is 3. The summed E-state index contributed by atoms with van der Waals surface area (Å²) in [5, 5.41) is 0. The molecule has 19 heavy (non-hydrogen) atoms. The van der Waals surface area contributed by atoms with E-state index in [-0.39, 0.29) is 0 Å². The average Bonchev–Trinajstić information content (AvgIpc) is 3.17. The van der Waals surface area contributed by atoms with Gasteiger partial charge in [-0.1, -0.05) is 18.2 Å². The zero-order valence-corrected chi connectivity index (χ0v) is 10.9. The Bertz CT molecular complexity index is 644. The second-order valence-electron chi connectivity index (χ2n) is 5.61. The first kappa shape index (κ1) is 11.0. The van der Waals surface area contributed by atoms with Crippen molar-refractivity contribution in [1.29, 1.82) is 0 Å². The molecule has 3 heteroatoms. The minimum Gasteiger partial charge on any atom is -0.383 e. The van der Waals surface area contributed by atoms with Crippen LogP contribution in [0, 0.1) is 0 Å². The fraction of sp³-hybridized carbons (Fsp3) is 0.375. The lowest BCUT2D eigenvalue weighted by molar-refractivity contribution is 0.900. The quantitative estimate of drug-likeness (QED) is 0.892. The van der Waals surface area contributed by atoms with E-state index in [1.165, 1.54) is 24.0 Å². The van der Waals surface area contributed by atoms with Crippen LogP contribution in [0.3, 0.4) is 0 Å². The standard InChI is InChI=1S/C16H17N3/c17-15-13-5-2-6-14(13)18-16(19-15)12-4-1-3-11(9-12)10-7-8-10/h1,3-4,9-10H,2,5-8H2,(H2,17,18,19). The molecule has 0 amide bonds. The van der Waals surface area contributed by atoms with Gasteiger partial charge in [-0.15, -0.1) is 0 Å². The fourth-order valence-corrected chi connectivity index (χ4v) is 2.94. The molecule has 96 valence electrons. The van der Waals surface area contributed by atoms with Crippen LogP contribution in [0.2, 0.25) is 0 Å². The number of nitrogens with zero attached hydrogens (tertiary/aromatic N) is 2. The van der Waals surface area contributed by atoms with Gasteiger partial charge in [-0.2, -0.15) is 0 Å². The number of fused-ring (bicyclic) bond motifs is 1. The summed E-state index contributed by atoms with van der Waals surface area (Å²) < 4.78 is 0. The molecule has 0 radical (unpaired) electrons. The zero-order chi connectivity index (χ0) is 12.8. The summed E-state index contributed by atoms with van der Waals surface area (Å²) in [5.41, 5.74) is 10.9. The van der Waals surface area contributed by atoms with Crippen molar-refractivity contribution in [2.24, 2.45) is 0 Å². The Hall–Kier alpha value is -1.90. The highest BCUT2D eigenvalue weighted by Gasteiger charge is 2.24. The zero-order valence-electron chi connectivity index (χ0n) is 10.9. The SMILES string of the molecule is Nc1nc(-c2cccc(C3CC3)c2)nc2c1CCC2. The van der Waals surface area contributed by atoms with Crippen molar-refractivity contribution in [2.45, 2.75) is 38.0 Å². The highest BCUT2D eigenvalue weighted by atomic mass is 15.0. The molecule has 2 aliphatic carbocycles. The maximum absolute atomic E-state index is 6.07. The number of nitrogen functional groups attached to an aromatic ring is 1. The third-order valence-electron chi connectivity index (χ3n) is 4.16. The molecule has 1 fully saturated rings. The third kappa shape index (κ3) is 1.89. The molecule has 0 saturated heterocycles. The maximum Gasteiger partial charge on any atom is 0.161 e. The molecule has 3 nitrogen and oxygen atoms in total. The van der Waals surface area contributed by atoms with E-state index in [1.54, 1.807) is 0 Å². The predicted octanol–water partition coefficient (Wildman–Crippen LogP) is 3.09. The average molecular weight is 251 g/mol. The number of hydrogen-bond donors (Lipinski definition) is 1. The van der Waals surface area contributed by atoms with Gasteiger partial charge in [0.15, 0.2) is 5.82 Å². The van der Waals surface area contributed by atoms with E-state index in [0.717, 1.165) is 42.3 Å². The normalized spacial score (nSPS) is 17.5. The molecule has 2 N–H and O–H groups in total. The van der Waals surface area contributed by atoms with Crippen molar-refractivity contribution in [2.75, 3.05) is 5.73 Å². The second kappa shape index (κ2) is 4.05. The molecule has 4 rings (SSSR count). The van der Waals surface area contributed by atoms with Crippen molar-refractivity contribution in [3.63, 3.8) is 0 Å². The first-order valence-electron chi connectivity index (χ1n) is 7.07. The van der Waals surface area contributed by atoms with E-state index in [9.17, 15) is 0 Å². The van der Waals surface area contributed by atoms with Crippen molar-refractivity contribution < 1.29 is 0 Å². The van der Waals surface area contributed by atoms with Crippen molar-refractivity contribution in [1.82, 2.24) is 9.97 Å². The Labute approximate surface area is 112 Å². The van der Waals surface area contributed by atoms with E-state index < -0.39 is 0 Å². The van der Waals surface area contributed by atoms with Crippen LogP contribution >= 0.6 is 0 Å². The molecule has 1 aromatic heterocycles. The molecule has 2 aromatic rings. The molecule has 1 heterocycles. The Kier molecular flexibility index (Phi) is 2.34. The van der Waals surface area contributed by atoms with Gasteiger partial charge in [0.05, 0.1) is 0 Å². The fourth-order valence-electron chi connectivity index (χ4n) is 2.94. The van der Waals surface area contributed by atoms with E-state index in [4.69, 9.17) is 10.7 Å². The van der Waals surface area contributed by atoms with E-state index in [2.05, 4.69) is 29.2 Å². The molecule has 1 saturated carbocycles. The minimum atomic E-state index is 0.675. The molecule has 0 spiro atoms. The van der Waals surface area contributed by atoms with Crippen LogP contribution in [0.15, 0.2) is 24.3 Å². The van der Waals surface area contributed by atoms with Gasteiger partial charge in [0.25, 0.3) is 0 Å². The van der Waals surface area contributed by atoms with Crippen molar-refractivity contribution in [3.8, 4) is 11.4 Å². The van der Waals surface area contributed by atoms with Crippen LogP contribution in [0.4, 0.5) is 5.82 Å². The summed E-state index contributed by atoms with van der Waals surface area (Å²) in [5.74, 6) is 2.22. The summed E-state index contributed by atoms with van der Waals surface area (Å²) >= 11 is 0. The van der Waals surface area contributed by atoms with Crippen molar-refractivity contribution in [3.05, 3.63) is 41.1 Å². The summed E-state index contributed by atoms with van der Waals surface area (Å²) in [4.78, 5) is 9.22. The van der Waals surface area contributed by atoms with Gasteiger partial charge in [0, 0.05) is 16.8 Å². The van der Waals surface area contributed by atoms with Gasteiger partial charge in [0.1, 0.15) is 5.82 Å². The van der Waals surface area contributed by atoms with Crippen LogP contribution in [-0.4, -0.2) is 9.97 Å². The Morgan fingerprint density at radius 1 is 1.11 bits per heavy atom. The second-order valence-corrected chi connectivity index (χ2v) is 5.61.